The van der Waals surface area contributed by atoms with E-state index in [-0.39, 0.29) is 23.9 Å². The Morgan fingerprint density at radius 2 is 2.06 bits per heavy atom. The van der Waals surface area contributed by atoms with Crippen LogP contribution in [0.2, 0.25) is 0 Å². The van der Waals surface area contributed by atoms with Crippen molar-refractivity contribution < 1.29 is 14.3 Å². The van der Waals surface area contributed by atoms with Crippen molar-refractivity contribution in [2.24, 2.45) is 17.8 Å². The molecule has 3 nitrogen and oxygen atoms in total. The van der Waals surface area contributed by atoms with Gasteiger partial charge in [0.1, 0.15) is 11.9 Å². The van der Waals surface area contributed by atoms with Crippen molar-refractivity contribution in [3.05, 3.63) is 0 Å². The molecule has 0 aliphatic heterocycles. The van der Waals surface area contributed by atoms with Gasteiger partial charge in [-0.05, 0) is 31.6 Å². The fraction of sp³-hybridized carbons (Fsp3) is 0.846. The molecule has 4 atom stereocenters. The number of carbonyl (C=O) groups excluding carboxylic acids is 2. The standard InChI is InChI=1S/C13H20O3/c1-8-6-7-10-11(15)4-3-5-12(13(8)10)16-9(2)14/h8,10,12-13H,3-7H2,1-2H3/t8-,10+,12-,13+/m1/s1. The van der Waals surface area contributed by atoms with E-state index in [2.05, 4.69) is 6.92 Å². The summed E-state index contributed by atoms with van der Waals surface area (Å²) in [4.78, 5) is 23.0. The molecule has 3 heteroatoms. The van der Waals surface area contributed by atoms with E-state index in [0.717, 1.165) is 25.7 Å². The zero-order chi connectivity index (χ0) is 11.7. The van der Waals surface area contributed by atoms with Gasteiger partial charge in [-0.1, -0.05) is 6.92 Å². The van der Waals surface area contributed by atoms with E-state index >= 15 is 0 Å². The maximum absolute atomic E-state index is 11.9. The maximum Gasteiger partial charge on any atom is 0.302 e. The number of carbonyl (C=O) groups is 2. The minimum atomic E-state index is -0.211. The van der Waals surface area contributed by atoms with Crippen LogP contribution in [0.1, 0.15) is 46.0 Å². The topological polar surface area (TPSA) is 43.4 Å². The predicted molar refractivity (Wildman–Crippen MR) is 59.8 cm³/mol. The normalized spacial score (nSPS) is 39.0. The number of esters is 1. The molecule has 0 aromatic heterocycles. The summed E-state index contributed by atoms with van der Waals surface area (Å²) >= 11 is 0. The molecule has 2 saturated carbocycles. The van der Waals surface area contributed by atoms with Crippen LogP contribution in [0.15, 0.2) is 0 Å². The molecule has 0 N–H and O–H groups in total. The highest BCUT2D eigenvalue weighted by Gasteiger charge is 2.44. The average molecular weight is 224 g/mol. The van der Waals surface area contributed by atoms with E-state index < -0.39 is 0 Å². The summed E-state index contributed by atoms with van der Waals surface area (Å²) in [7, 11) is 0. The second kappa shape index (κ2) is 4.56. The summed E-state index contributed by atoms with van der Waals surface area (Å²) in [6.45, 7) is 3.64. The maximum atomic E-state index is 11.9. The van der Waals surface area contributed by atoms with Gasteiger partial charge in [-0.25, -0.2) is 0 Å². The third kappa shape index (κ3) is 2.13. The first-order chi connectivity index (χ1) is 7.59. The molecule has 16 heavy (non-hydrogen) atoms. The minimum absolute atomic E-state index is 0.0218. The van der Waals surface area contributed by atoms with E-state index in [9.17, 15) is 9.59 Å². The summed E-state index contributed by atoms with van der Waals surface area (Å²) in [6.07, 6.45) is 4.46. The van der Waals surface area contributed by atoms with Crippen LogP contribution in [0, 0.1) is 17.8 Å². The van der Waals surface area contributed by atoms with Crippen LogP contribution in [-0.2, 0) is 14.3 Å². The zero-order valence-electron chi connectivity index (χ0n) is 10.1. The number of hydrogen-bond acceptors (Lipinski definition) is 3. The molecule has 0 unspecified atom stereocenters. The first kappa shape index (κ1) is 11.6. The zero-order valence-corrected chi connectivity index (χ0v) is 10.1. The Hall–Kier alpha value is -0.860. The number of rotatable bonds is 1. The molecule has 0 radical (unpaired) electrons. The lowest BCUT2D eigenvalue weighted by Crippen LogP contribution is -2.32. The third-order valence-electron chi connectivity index (χ3n) is 4.13. The van der Waals surface area contributed by atoms with Crippen LogP contribution in [0.5, 0.6) is 0 Å². The molecule has 2 aliphatic carbocycles. The van der Waals surface area contributed by atoms with Crippen molar-refractivity contribution >= 4 is 11.8 Å². The lowest BCUT2D eigenvalue weighted by atomic mass is 9.84. The van der Waals surface area contributed by atoms with Gasteiger partial charge in [-0.3, -0.25) is 9.59 Å². The molecule has 2 fully saturated rings. The van der Waals surface area contributed by atoms with Crippen molar-refractivity contribution in [3.63, 3.8) is 0 Å². The number of ketones is 1. The molecule has 0 aromatic rings. The number of fused-ring (bicyclic) bond motifs is 1. The molecule has 0 saturated heterocycles. The van der Waals surface area contributed by atoms with Gasteiger partial charge in [0.05, 0.1) is 0 Å². The Morgan fingerprint density at radius 3 is 2.75 bits per heavy atom. The van der Waals surface area contributed by atoms with Gasteiger partial charge in [0.2, 0.25) is 0 Å². The highest BCUT2D eigenvalue weighted by atomic mass is 16.5. The minimum Gasteiger partial charge on any atom is -0.462 e. The van der Waals surface area contributed by atoms with E-state index in [1.54, 1.807) is 0 Å². The van der Waals surface area contributed by atoms with Crippen molar-refractivity contribution in [1.29, 1.82) is 0 Å². The summed E-state index contributed by atoms with van der Waals surface area (Å²) in [5, 5.41) is 0. The van der Waals surface area contributed by atoms with Crippen LogP contribution in [0.4, 0.5) is 0 Å². The molecular formula is C13H20O3. The lowest BCUT2D eigenvalue weighted by molar-refractivity contribution is -0.151. The summed E-state index contributed by atoms with van der Waals surface area (Å²) in [6, 6.07) is 0. The lowest BCUT2D eigenvalue weighted by Gasteiger charge is -2.28. The molecule has 2 rings (SSSR count). The number of Topliss-reactive ketones (excluding diaryl/α,β-unsaturated/α-hetero) is 1. The fourth-order valence-electron chi connectivity index (χ4n) is 3.43. The van der Waals surface area contributed by atoms with Gasteiger partial charge >= 0.3 is 5.97 Å². The smallest absolute Gasteiger partial charge is 0.302 e. The molecular weight excluding hydrogens is 204 g/mol. The number of hydrogen-bond donors (Lipinski definition) is 0. The van der Waals surface area contributed by atoms with Crippen LogP contribution in [0.3, 0.4) is 0 Å². The second-order valence-corrected chi connectivity index (χ2v) is 5.24. The van der Waals surface area contributed by atoms with Crippen molar-refractivity contribution in [1.82, 2.24) is 0 Å². The van der Waals surface area contributed by atoms with E-state index in [1.165, 1.54) is 6.92 Å². The molecule has 0 bridgehead atoms. The third-order valence-corrected chi connectivity index (χ3v) is 4.13. The Balaban J connectivity index is 2.17. The quantitative estimate of drug-likeness (QED) is 0.642. The molecule has 0 aromatic carbocycles. The predicted octanol–water partition coefficient (Wildman–Crippen LogP) is 2.33. The Bertz CT molecular complexity index is 298. The second-order valence-electron chi connectivity index (χ2n) is 5.24. The first-order valence-corrected chi connectivity index (χ1v) is 6.29. The monoisotopic (exact) mass is 224 g/mol. The van der Waals surface area contributed by atoms with Gasteiger partial charge in [0, 0.05) is 25.2 Å². The Kier molecular flexibility index (Phi) is 3.31. The van der Waals surface area contributed by atoms with Crippen molar-refractivity contribution in [2.45, 2.75) is 52.1 Å². The number of ether oxygens (including phenoxy) is 1. The SMILES string of the molecule is CC(=O)O[C@@H]1CCCC(=O)[C@@H]2CC[C@@H](C)[C@H]12. The van der Waals surface area contributed by atoms with Crippen LogP contribution in [0.25, 0.3) is 0 Å². The largest absolute Gasteiger partial charge is 0.462 e. The summed E-state index contributed by atoms with van der Waals surface area (Å²) in [5.41, 5.74) is 0. The van der Waals surface area contributed by atoms with Gasteiger partial charge in [-0.2, -0.15) is 0 Å². The van der Waals surface area contributed by atoms with Crippen LogP contribution < -0.4 is 0 Å². The van der Waals surface area contributed by atoms with Gasteiger partial charge in [0.15, 0.2) is 0 Å². The van der Waals surface area contributed by atoms with Crippen molar-refractivity contribution in [2.75, 3.05) is 0 Å². The molecule has 0 amide bonds. The van der Waals surface area contributed by atoms with E-state index in [0.29, 0.717) is 18.1 Å². The fourth-order valence-corrected chi connectivity index (χ4v) is 3.43. The first-order valence-electron chi connectivity index (χ1n) is 6.29. The van der Waals surface area contributed by atoms with Gasteiger partial charge in [-0.15, -0.1) is 0 Å². The van der Waals surface area contributed by atoms with Gasteiger partial charge in [0.25, 0.3) is 0 Å². The van der Waals surface area contributed by atoms with Crippen LogP contribution >= 0.6 is 0 Å². The molecule has 2 aliphatic rings. The van der Waals surface area contributed by atoms with Gasteiger partial charge < -0.3 is 4.74 Å². The van der Waals surface area contributed by atoms with E-state index in [4.69, 9.17) is 4.74 Å². The highest BCUT2D eigenvalue weighted by Crippen LogP contribution is 2.44. The molecule has 90 valence electrons. The Morgan fingerprint density at radius 1 is 1.31 bits per heavy atom. The molecule has 0 spiro atoms. The average Bonchev–Trinajstić information content (AvgIpc) is 2.50. The van der Waals surface area contributed by atoms with E-state index in [1.807, 2.05) is 0 Å². The van der Waals surface area contributed by atoms with Crippen LogP contribution in [-0.4, -0.2) is 17.9 Å². The summed E-state index contributed by atoms with van der Waals surface area (Å²) < 4.78 is 5.41. The highest BCUT2D eigenvalue weighted by molar-refractivity contribution is 5.82. The van der Waals surface area contributed by atoms with Crippen molar-refractivity contribution in [3.8, 4) is 0 Å². The Labute approximate surface area is 96.5 Å². The molecule has 0 heterocycles. The summed E-state index contributed by atoms with van der Waals surface area (Å²) in [5.74, 6) is 1.12.